The molecule has 1 aliphatic carbocycles. The van der Waals surface area contributed by atoms with Gasteiger partial charge < -0.3 is 10.5 Å². The number of amidine groups is 1. The SMILES string of the molecule is C[C@@]1(c2cc(Br)ccc2F)N=C(N)OC2(CCC2)C1(F)F. The number of ether oxygens (including phenoxy) is 1. The molecule has 1 atom stereocenters. The van der Waals surface area contributed by atoms with Gasteiger partial charge in [-0.05, 0) is 44.4 Å². The van der Waals surface area contributed by atoms with E-state index in [0.717, 1.165) is 6.07 Å². The molecule has 0 unspecified atom stereocenters. The molecule has 0 bridgehead atoms. The zero-order chi connectivity index (χ0) is 15.5. The third kappa shape index (κ3) is 1.82. The zero-order valence-electron chi connectivity index (χ0n) is 11.3. The fraction of sp³-hybridized carbons (Fsp3) is 0.500. The first-order chi connectivity index (χ1) is 9.72. The van der Waals surface area contributed by atoms with Crippen LogP contribution in [0.25, 0.3) is 0 Å². The van der Waals surface area contributed by atoms with Crippen LogP contribution in [0.3, 0.4) is 0 Å². The van der Waals surface area contributed by atoms with Crippen LogP contribution in [0.15, 0.2) is 27.7 Å². The number of aliphatic imine (C=N–C) groups is 1. The largest absolute Gasteiger partial charge is 0.452 e. The van der Waals surface area contributed by atoms with Crippen LogP contribution in [0, 0.1) is 5.82 Å². The molecular formula is C14H14BrF3N2O. The minimum absolute atomic E-state index is 0.182. The summed E-state index contributed by atoms with van der Waals surface area (Å²) in [6.07, 6.45) is 0.989. The first kappa shape index (κ1) is 14.7. The van der Waals surface area contributed by atoms with Gasteiger partial charge in [-0.2, -0.15) is 8.78 Å². The standard InChI is InChI=1S/C14H14BrF3N2O/c1-12(9-7-8(15)3-4-10(9)16)14(17,18)13(5-2-6-13)21-11(19)20-12/h3-4,7H,2,5-6H2,1H3,(H2,19,20)/t12-/m0/s1. The van der Waals surface area contributed by atoms with Crippen molar-refractivity contribution >= 4 is 22.0 Å². The fourth-order valence-corrected chi connectivity index (χ4v) is 3.40. The first-order valence-electron chi connectivity index (χ1n) is 6.60. The van der Waals surface area contributed by atoms with E-state index in [0.29, 0.717) is 10.9 Å². The van der Waals surface area contributed by atoms with Crippen molar-refractivity contribution in [2.45, 2.75) is 43.2 Å². The molecule has 1 fully saturated rings. The summed E-state index contributed by atoms with van der Waals surface area (Å²) in [4.78, 5) is 3.78. The summed E-state index contributed by atoms with van der Waals surface area (Å²) in [6.45, 7) is 1.20. The van der Waals surface area contributed by atoms with Crippen LogP contribution in [-0.4, -0.2) is 17.5 Å². The molecule has 114 valence electrons. The highest BCUT2D eigenvalue weighted by Gasteiger charge is 2.71. The number of alkyl halides is 2. The Morgan fingerprint density at radius 1 is 1.33 bits per heavy atom. The Morgan fingerprint density at radius 2 is 2.00 bits per heavy atom. The summed E-state index contributed by atoms with van der Waals surface area (Å²) in [7, 11) is 0. The summed E-state index contributed by atoms with van der Waals surface area (Å²) in [6, 6.07) is 3.58. The first-order valence-corrected chi connectivity index (χ1v) is 7.39. The van der Waals surface area contributed by atoms with Crippen LogP contribution in [0.1, 0.15) is 31.7 Å². The lowest BCUT2D eigenvalue weighted by molar-refractivity contribution is -0.252. The van der Waals surface area contributed by atoms with Gasteiger partial charge in [0.1, 0.15) is 5.82 Å². The second-order valence-electron chi connectivity index (χ2n) is 5.67. The summed E-state index contributed by atoms with van der Waals surface area (Å²) < 4.78 is 49.9. The van der Waals surface area contributed by atoms with Gasteiger partial charge in [-0.1, -0.05) is 15.9 Å². The van der Waals surface area contributed by atoms with Gasteiger partial charge in [0.05, 0.1) is 0 Å². The van der Waals surface area contributed by atoms with Gasteiger partial charge in [0, 0.05) is 10.0 Å². The molecule has 0 aromatic heterocycles. The molecule has 21 heavy (non-hydrogen) atoms. The van der Waals surface area contributed by atoms with Crippen molar-refractivity contribution in [3.8, 4) is 0 Å². The summed E-state index contributed by atoms with van der Waals surface area (Å²) in [5.74, 6) is -4.10. The van der Waals surface area contributed by atoms with Crippen molar-refractivity contribution in [2.75, 3.05) is 0 Å². The number of nitrogens with zero attached hydrogens (tertiary/aromatic N) is 1. The van der Waals surface area contributed by atoms with Gasteiger partial charge in [0.25, 0.3) is 6.02 Å². The van der Waals surface area contributed by atoms with Gasteiger partial charge in [-0.25, -0.2) is 9.38 Å². The maximum Gasteiger partial charge on any atom is 0.315 e. The van der Waals surface area contributed by atoms with Crippen molar-refractivity contribution in [3.63, 3.8) is 0 Å². The molecule has 1 heterocycles. The van der Waals surface area contributed by atoms with Crippen molar-refractivity contribution in [1.82, 2.24) is 0 Å². The number of benzene rings is 1. The molecule has 0 saturated heterocycles. The average Bonchev–Trinajstić information content (AvgIpc) is 2.34. The minimum atomic E-state index is -3.36. The molecule has 1 saturated carbocycles. The van der Waals surface area contributed by atoms with Crippen LogP contribution < -0.4 is 5.73 Å². The Morgan fingerprint density at radius 3 is 2.57 bits per heavy atom. The predicted octanol–water partition coefficient (Wildman–Crippen LogP) is 3.71. The lowest BCUT2D eigenvalue weighted by atomic mass is 9.66. The van der Waals surface area contributed by atoms with E-state index in [1.165, 1.54) is 19.1 Å². The van der Waals surface area contributed by atoms with E-state index in [1.807, 2.05) is 0 Å². The molecule has 2 N–H and O–H groups in total. The number of halogens is 4. The Balaban J connectivity index is 2.22. The monoisotopic (exact) mass is 362 g/mol. The summed E-state index contributed by atoms with van der Waals surface area (Å²) in [5.41, 5.74) is 1.64. The number of nitrogens with two attached hydrogens (primary N) is 1. The highest BCUT2D eigenvalue weighted by Crippen LogP contribution is 2.58. The van der Waals surface area contributed by atoms with Crippen LogP contribution in [0.4, 0.5) is 13.2 Å². The van der Waals surface area contributed by atoms with E-state index < -0.39 is 22.9 Å². The van der Waals surface area contributed by atoms with Gasteiger partial charge in [0.2, 0.25) is 0 Å². The Kier molecular flexibility index (Phi) is 3.06. The highest BCUT2D eigenvalue weighted by atomic mass is 79.9. The molecule has 3 nitrogen and oxygen atoms in total. The second kappa shape index (κ2) is 4.38. The number of rotatable bonds is 1. The molecule has 0 amide bonds. The van der Waals surface area contributed by atoms with Crippen molar-refractivity contribution in [3.05, 3.63) is 34.1 Å². The third-order valence-electron chi connectivity index (χ3n) is 4.43. The number of hydrogen-bond donors (Lipinski definition) is 1. The van der Waals surface area contributed by atoms with E-state index in [1.54, 1.807) is 0 Å². The average molecular weight is 363 g/mol. The van der Waals surface area contributed by atoms with Gasteiger partial charge in [-0.3, -0.25) is 0 Å². The van der Waals surface area contributed by atoms with E-state index in [2.05, 4.69) is 20.9 Å². The quantitative estimate of drug-likeness (QED) is 0.827. The third-order valence-corrected chi connectivity index (χ3v) is 4.92. The second-order valence-corrected chi connectivity index (χ2v) is 6.59. The molecule has 2 aliphatic rings. The molecule has 3 rings (SSSR count). The van der Waals surface area contributed by atoms with E-state index in [4.69, 9.17) is 10.5 Å². The lowest BCUT2D eigenvalue weighted by Gasteiger charge is -2.54. The van der Waals surface area contributed by atoms with Crippen molar-refractivity contribution < 1.29 is 17.9 Å². The smallest absolute Gasteiger partial charge is 0.315 e. The lowest BCUT2D eigenvalue weighted by Crippen LogP contribution is -2.67. The van der Waals surface area contributed by atoms with Crippen molar-refractivity contribution in [1.29, 1.82) is 0 Å². The van der Waals surface area contributed by atoms with Gasteiger partial charge in [0.15, 0.2) is 11.1 Å². The fourth-order valence-electron chi connectivity index (χ4n) is 3.04. The topological polar surface area (TPSA) is 47.6 Å². The predicted molar refractivity (Wildman–Crippen MR) is 75.7 cm³/mol. The summed E-state index contributed by atoms with van der Waals surface area (Å²) >= 11 is 3.18. The van der Waals surface area contributed by atoms with Gasteiger partial charge >= 0.3 is 5.92 Å². The molecule has 1 aromatic rings. The zero-order valence-corrected chi connectivity index (χ0v) is 12.9. The molecular weight excluding hydrogens is 349 g/mol. The van der Waals surface area contributed by atoms with Crippen LogP contribution in [0.2, 0.25) is 0 Å². The Hall–Kier alpha value is -1.24. The van der Waals surface area contributed by atoms with E-state index in [-0.39, 0.29) is 24.4 Å². The van der Waals surface area contributed by atoms with E-state index >= 15 is 8.78 Å². The molecule has 1 aromatic carbocycles. The van der Waals surface area contributed by atoms with E-state index in [9.17, 15) is 4.39 Å². The maximum atomic E-state index is 15.1. The van der Waals surface area contributed by atoms with Crippen LogP contribution in [-0.2, 0) is 10.3 Å². The Labute approximate surface area is 128 Å². The number of hydrogen-bond acceptors (Lipinski definition) is 3. The van der Waals surface area contributed by atoms with Crippen molar-refractivity contribution in [2.24, 2.45) is 10.7 Å². The maximum absolute atomic E-state index is 15.1. The normalized spacial score (nSPS) is 29.5. The summed E-state index contributed by atoms with van der Waals surface area (Å²) in [5, 5.41) is 0. The molecule has 1 aliphatic heterocycles. The van der Waals surface area contributed by atoms with Crippen LogP contribution in [0.5, 0.6) is 0 Å². The minimum Gasteiger partial charge on any atom is -0.452 e. The molecule has 1 spiro atoms. The van der Waals surface area contributed by atoms with Gasteiger partial charge in [-0.15, -0.1) is 0 Å². The molecule has 7 heteroatoms. The van der Waals surface area contributed by atoms with Crippen LogP contribution >= 0.6 is 15.9 Å². The highest BCUT2D eigenvalue weighted by molar-refractivity contribution is 9.10. The molecule has 0 radical (unpaired) electrons. The Bertz CT molecular complexity index is 631.